The monoisotopic (exact) mass is 272 g/mol. The summed E-state index contributed by atoms with van der Waals surface area (Å²) in [7, 11) is 1.74. The van der Waals surface area contributed by atoms with E-state index in [9.17, 15) is 9.18 Å². The third kappa shape index (κ3) is 3.13. The van der Waals surface area contributed by atoms with Crippen LogP contribution in [0, 0.1) is 5.82 Å². The molecule has 0 bridgehead atoms. The molecule has 0 aliphatic rings. The number of halogens is 1. The molecule has 1 heterocycles. The number of rotatable bonds is 6. The van der Waals surface area contributed by atoms with Gasteiger partial charge in [-0.25, -0.2) is 14.2 Å². The molecule has 0 spiro atoms. The van der Waals surface area contributed by atoms with Crippen molar-refractivity contribution < 1.29 is 14.3 Å². The first kappa shape index (κ1) is 14.8. The molecule has 0 saturated carbocycles. The van der Waals surface area contributed by atoms with E-state index in [-0.39, 0.29) is 17.4 Å². The average Bonchev–Trinajstić information content (AvgIpc) is 2.35. The number of nitrogens with zero attached hydrogens (tertiary/aromatic N) is 2. The number of anilines is 1. The van der Waals surface area contributed by atoms with Gasteiger partial charge >= 0.3 is 5.97 Å². The summed E-state index contributed by atoms with van der Waals surface area (Å²) in [5.41, 5.74) is -0.342. The smallest absolute Gasteiger partial charge is 0.338 e. The summed E-state index contributed by atoms with van der Waals surface area (Å²) in [6, 6.07) is 1.30. The van der Waals surface area contributed by atoms with Crippen LogP contribution in [0.1, 0.15) is 23.7 Å². The number of thioether (sulfide) groups is 1. The topological polar surface area (TPSA) is 53.4 Å². The molecule has 1 rings (SSSR count). The second kappa shape index (κ2) is 6.58. The lowest BCUT2D eigenvalue weighted by Gasteiger charge is -2.28. The van der Waals surface area contributed by atoms with Gasteiger partial charge in [0.2, 0.25) is 0 Å². The van der Waals surface area contributed by atoms with Crippen molar-refractivity contribution >= 4 is 23.5 Å². The van der Waals surface area contributed by atoms with Gasteiger partial charge in [-0.05, 0) is 18.7 Å². The van der Waals surface area contributed by atoms with Crippen molar-refractivity contribution in [1.29, 1.82) is 0 Å². The Hall–Kier alpha value is -1.30. The Morgan fingerprint density at radius 2 is 2.33 bits per heavy atom. The molecule has 0 amide bonds. The lowest BCUT2D eigenvalue weighted by molar-refractivity contribution is 0.0691. The minimum absolute atomic E-state index is 0.0933. The van der Waals surface area contributed by atoms with Crippen LogP contribution in [0.2, 0.25) is 0 Å². The zero-order valence-corrected chi connectivity index (χ0v) is 11.5. The number of carboxylic acids is 1. The molecule has 1 aromatic heterocycles. The van der Waals surface area contributed by atoms with Gasteiger partial charge in [0.15, 0.2) is 11.6 Å². The van der Waals surface area contributed by atoms with Crippen LogP contribution in [0.25, 0.3) is 0 Å². The molecule has 4 nitrogen and oxygen atoms in total. The van der Waals surface area contributed by atoms with Crippen LogP contribution in [0.15, 0.2) is 12.3 Å². The van der Waals surface area contributed by atoms with Gasteiger partial charge in [-0.2, -0.15) is 11.8 Å². The third-order valence-electron chi connectivity index (χ3n) is 2.81. The SMILES string of the molecule is CCC(CSC)N(C)c1nccc(C(=O)O)c1F. The number of hydrogen-bond donors (Lipinski definition) is 1. The molecule has 0 saturated heterocycles. The van der Waals surface area contributed by atoms with Crippen molar-refractivity contribution in [2.24, 2.45) is 0 Å². The molecule has 1 unspecified atom stereocenters. The summed E-state index contributed by atoms with van der Waals surface area (Å²) in [4.78, 5) is 16.5. The van der Waals surface area contributed by atoms with E-state index in [0.29, 0.717) is 0 Å². The van der Waals surface area contributed by atoms with Crippen LogP contribution in [0.4, 0.5) is 10.2 Å². The molecule has 18 heavy (non-hydrogen) atoms. The Balaban J connectivity index is 3.08. The van der Waals surface area contributed by atoms with Crippen LogP contribution in [-0.4, -0.2) is 41.2 Å². The lowest BCUT2D eigenvalue weighted by atomic mass is 10.2. The van der Waals surface area contributed by atoms with Gasteiger partial charge in [-0.15, -0.1) is 0 Å². The van der Waals surface area contributed by atoms with E-state index in [0.717, 1.165) is 12.2 Å². The highest BCUT2D eigenvalue weighted by atomic mass is 32.2. The van der Waals surface area contributed by atoms with Gasteiger partial charge < -0.3 is 10.0 Å². The molecule has 0 fully saturated rings. The summed E-state index contributed by atoms with van der Waals surface area (Å²) in [6.45, 7) is 2.01. The minimum atomic E-state index is -1.28. The summed E-state index contributed by atoms with van der Waals surface area (Å²) in [5, 5.41) is 8.88. The lowest BCUT2D eigenvalue weighted by Crippen LogP contribution is -2.34. The summed E-state index contributed by atoms with van der Waals surface area (Å²) in [6.07, 6.45) is 4.15. The molecule has 0 aromatic carbocycles. The van der Waals surface area contributed by atoms with Gasteiger partial charge in [-0.1, -0.05) is 6.92 Å². The molecule has 6 heteroatoms. The molecular weight excluding hydrogens is 255 g/mol. The van der Waals surface area contributed by atoms with Crippen LogP contribution in [0.5, 0.6) is 0 Å². The number of carbonyl (C=O) groups is 1. The predicted octanol–water partition coefficient (Wildman–Crippen LogP) is 2.50. The molecule has 0 radical (unpaired) electrons. The second-order valence-corrected chi connectivity index (χ2v) is 4.84. The number of hydrogen-bond acceptors (Lipinski definition) is 4. The highest BCUT2D eigenvalue weighted by Gasteiger charge is 2.21. The van der Waals surface area contributed by atoms with E-state index >= 15 is 0 Å². The highest BCUT2D eigenvalue weighted by molar-refractivity contribution is 7.98. The Kier molecular flexibility index (Phi) is 5.40. The number of pyridine rings is 1. The van der Waals surface area contributed by atoms with Crippen molar-refractivity contribution in [1.82, 2.24) is 4.98 Å². The zero-order chi connectivity index (χ0) is 13.7. The van der Waals surface area contributed by atoms with E-state index < -0.39 is 11.8 Å². The van der Waals surface area contributed by atoms with Crippen molar-refractivity contribution in [2.75, 3.05) is 24.0 Å². The minimum Gasteiger partial charge on any atom is -0.478 e. The first-order valence-electron chi connectivity index (χ1n) is 5.62. The van der Waals surface area contributed by atoms with Crippen molar-refractivity contribution in [3.63, 3.8) is 0 Å². The normalized spacial score (nSPS) is 12.2. The van der Waals surface area contributed by atoms with Crippen LogP contribution in [0.3, 0.4) is 0 Å². The predicted molar refractivity (Wildman–Crippen MR) is 72.0 cm³/mol. The Morgan fingerprint density at radius 1 is 1.67 bits per heavy atom. The molecule has 0 aliphatic heterocycles. The second-order valence-electron chi connectivity index (χ2n) is 3.93. The number of aromatic carboxylic acids is 1. The first-order valence-corrected chi connectivity index (χ1v) is 7.01. The molecular formula is C12H17FN2O2S. The van der Waals surface area contributed by atoms with Crippen LogP contribution < -0.4 is 4.90 Å². The molecule has 0 aliphatic carbocycles. The quantitative estimate of drug-likeness (QED) is 0.862. The highest BCUT2D eigenvalue weighted by Crippen LogP contribution is 2.22. The fourth-order valence-electron chi connectivity index (χ4n) is 1.71. The van der Waals surface area contributed by atoms with Gasteiger partial charge in [-0.3, -0.25) is 0 Å². The Morgan fingerprint density at radius 3 is 2.83 bits per heavy atom. The van der Waals surface area contributed by atoms with Gasteiger partial charge in [0.05, 0.1) is 0 Å². The van der Waals surface area contributed by atoms with E-state index in [1.54, 1.807) is 23.7 Å². The van der Waals surface area contributed by atoms with Crippen LogP contribution in [-0.2, 0) is 0 Å². The Labute approximate surface area is 110 Å². The summed E-state index contributed by atoms with van der Waals surface area (Å²) in [5.74, 6) is -1.11. The van der Waals surface area contributed by atoms with Crippen molar-refractivity contribution in [3.8, 4) is 0 Å². The maximum absolute atomic E-state index is 14.0. The Bertz CT molecular complexity index is 429. The van der Waals surface area contributed by atoms with E-state index in [1.165, 1.54) is 12.3 Å². The van der Waals surface area contributed by atoms with E-state index in [1.807, 2.05) is 13.2 Å². The maximum Gasteiger partial charge on any atom is 0.338 e. The van der Waals surface area contributed by atoms with Gasteiger partial charge in [0.1, 0.15) is 5.56 Å². The molecule has 1 atom stereocenters. The molecule has 100 valence electrons. The largest absolute Gasteiger partial charge is 0.478 e. The van der Waals surface area contributed by atoms with Crippen molar-refractivity contribution in [2.45, 2.75) is 19.4 Å². The van der Waals surface area contributed by atoms with Crippen molar-refractivity contribution in [3.05, 3.63) is 23.6 Å². The maximum atomic E-state index is 14.0. The molecule has 1 N–H and O–H groups in total. The number of aromatic nitrogens is 1. The summed E-state index contributed by atoms with van der Waals surface area (Å²) < 4.78 is 14.0. The first-order chi connectivity index (χ1) is 8.52. The fourth-order valence-corrected chi connectivity index (χ4v) is 2.56. The van der Waals surface area contributed by atoms with Gasteiger partial charge in [0.25, 0.3) is 0 Å². The van der Waals surface area contributed by atoms with Crippen LogP contribution >= 0.6 is 11.8 Å². The van der Waals surface area contributed by atoms with E-state index in [4.69, 9.17) is 5.11 Å². The summed E-state index contributed by atoms with van der Waals surface area (Å²) >= 11 is 1.67. The number of carboxylic acid groups (broad SMARTS) is 1. The van der Waals surface area contributed by atoms with E-state index in [2.05, 4.69) is 4.98 Å². The van der Waals surface area contributed by atoms with Gasteiger partial charge in [0, 0.05) is 25.0 Å². The average molecular weight is 272 g/mol. The fraction of sp³-hybridized carbons (Fsp3) is 0.500. The molecule has 1 aromatic rings. The zero-order valence-electron chi connectivity index (χ0n) is 10.7. The third-order valence-corrected chi connectivity index (χ3v) is 3.53. The standard InChI is InChI=1S/C12H17FN2O2S/c1-4-8(7-18-3)15(2)11-10(13)9(12(16)17)5-6-14-11/h5-6,8H,4,7H2,1-3H3,(H,16,17).